The van der Waals surface area contributed by atoms with Crippen molar-refractivity contribution >= 4 is 5.91 Å². The van der Waals surface area contributed by atoms with Gasteiger partial charge in [-0.2, -0.15) is 0 Å². The van der Waals surface area contributed by atoms with Gasteiger partial charge in [0.25, 0.3) is 0 Å². The summed E-state index contributed by atoms with van der Waals surface area (Å²) >= 11 is 0. The van der Waals surface area contributed by atoms with E-state index >= 15 is 0 Å². The minimum atomic E-state index is -0.486. The van der Waals surface area contributed by atoms with E-state index in [1.54, 1.807) is 0 Å². The lowest BCUT2D eigenvalue weighted by atomic mass is 10.0. The number of amides is 1. The molecule has 0 heterocycles. The first kappa shape index (κ1) is 11.9. The summed E-state index contributed by atoms with van der Waals surface area (Å²) in [5.41, 5.74) is -0.486. The maximum atomic E-state index is 11.3. The largest absolute Gasteiger partial charge is 0.389 e. The van der Waals surface area contributed by atoms with E-state index < -0.39 is 5.60 Å². The van der Waals surface area contributed by atoms with Crippen molar-refractivity contribution in [2.75, 3.05) is 19.6 Å². The molecule has 2 saturated carbocycles. The van der Waals surface area contributed by atoms with E-state index in [1.807, 2.05) is 0 Å². The van der Waals surface area contributed by atoms with Crippen LogP contribution in [-0.4, -0.2) is 36.2 Å². The highest BCUT2D eigenvalue weighted by atomic mass is 16.3. The molecule has 4 nitrogen and oxygen atoms in total. The first-order chi connectivity index (χ1) is 7.70. The van der Waals surface area contributed by atoms with Crippen LogP contribution in [0.3, 0.4) is 0 Å². The molecule has 1 amide bonds. The molecule has 0 aromatic carbocycles. The zero-order valence-corrected chi connectivity index (χ0v) is 9.80. The fraction of sp³-hybridized carbons (Fsp3) is 0.917. The Morgan fingerprint density at radius 2 is 1.94 bits per heavy atom. The average molecular weight is 226 g/mol. The number of carbonyl (C=O) groups excluding carboxylic acids is 1. The van der Waals surface area contributed by atoms with Crippen LogP contribution in [0.2, 0.25) is 0 Å². The summed E-state index contributed by atoms with van der Waals surface area (Å²) in [6.45, 7) is 2.08. The zero-order chi connectivity index (χ0) is 11.4. The number of rotatable bonds is 6. The molecule has 16 heavy (non-hydrogen) atoms. The summed E-state index contributed by atoms with van der Waals surface area (Å²) in [5.74, 6) is 0.486. The van der Waals surface area contributed by atoms with Crippen LogP contribution in [0.15, 0.2) is 0 Å². The van der Waals surface area contributed by atoms with E-state index in [0.29, 0.717) is 19.0 Å². The van der Waals surface area contributed by atoms with E-state index in [9.17, 15) is 9.90 Å². The highest BCUT2D eigenvalue weighted by molar-refractivity contribution is 5.80. The Hall–Kier alpha value is -0.610. The summed E-state index contributed by atoms with van der Waals surface area (Å²) in [4.78, 5) is 11.3. The van der Waals surface area contributed by atoms with Crippen LogP contribution in [0.1, 0.15) is 38.5 Å². The number of hydrogen-bond donors (Lipinski definition) is 3. The van der Waals surface area contributed by atoms with Crippen LogP contribution < -0.4 is 10.6 Å². The standard InChI is InChI=1S/C12H22N2O2/c15-11(10-3-4-10)14-8-7-13-9-12(16)5-1-2-6-12/h10,13,16H,1-9H2,(H,14,15). The maximum absolute atomic E-state index is 11.3. The molecule has 2 aliphatic rings. The smallest absolute Gasteiger partial charge is 0.223 e. The van der Waals surface area contributed by atoms with Crippen LogP contribution in [0.25, 0.3) is 0 Å². The van der Waals surface area contributed by atoms with Gasteiger partial charge in [0.15, 0.2) is 0 Å². The molecule has 0 radical (unpaired) electrons. The Kier molecular flexibility index (Phi) is 3.82. The molecule has 0 bridgehead atoms. The Balaban J connectivity index is 1.49. The van der Waals surface area contributed by atoms with Crippen LogP contribution >= 0.6 is 0 Å². The summed E-state index contributed by atoms with van der Waals surface area (Å²) < 4.78 is 0. The fourth-order valence-corrected chi connectivity index (χ4v) is 2.29. The topological polar surface area (TPSA) is 61.4 Å². The lowest BCUT2D eigenvalue weighted by Gasteiger charge is -2.22. The molecule has 0 aromatic heterocycles. The van der Waals surface area contributed by atoms with E-state index in [1.165, 1.54) is 0 Å². The summed E-state index contributed by atoms with van der Waals surface area (Å²) in [6, 6.07) is 0. The third kappa shape index (κ3) is 3.46. The van der Waals surface area contributed by atoms with Gasteiger partial charge in [-0.15, -0.1) is 0 Å². The van der Waals surface area contributed by atoms with Crippen molar-refractivity contribution in [2.45, 2.75) is 44.1 Å². The van der Waals surface area contributed by atoms with Gasteiger partial charge in [-0.1, -0.05) is 12.8 Å². The first-order valence-corrected chi connectivity index (χ1v) is 6.40. The van der Waals surface area contributed by atoms with Gasteiger partial charge in [-0.25, -0.2) is 0 Å². The van der Waals surface area contributed by atoms with Gasteiger partial charge in [0.1, 0.15) is 0 Å². The monoisotopic (exact) mass is 226 g/mol. The third-order valence-electron chi connectivity index (χ3n) is 3.54. The van der Waals surface area contributed by atoms with Gasteiger partial charge in [0.05, 0.1) is 5.60 Å². The van der Waals surface area contributed by atoms with Crippen molar-refractivity contribution in [1.82, 2.24) is 10.6 Å². The highest BCUT2D eigenvalue weighted by Crippen LogP contribution is 2.29. The van der Waals surface area contributed by atoms with Gasteiger partial charge in [-0.3, -0.25) is 4.79 Å². The highest BCUT2D eigenvalue weighted by Gasteiger charge is 2.30. The Morgan fingerprint density at radius 3 is 2.56 bits per heavy atom. The number of aliphatic hydroxyl groups is 1. The first-order valence-electron chi connectivity index (χ1n) is 6.40. The second-order valence-corrected chi connectivity index (χ2v) is 5.17. The number of nitrogens with one attached hydrogen (secondary N) is 2. The molecule has 0 atom stereocenters. The molecular formula is C12H22N2O2. The minimum absolute atomic E-state index is 0.196. The van der Waals surface area contributed by atoms with Gasteiger partial charge < -0.3 is 15.7 Å². The molecule has 0 saturated heterocycles. The molecule has 0 unspecified atom stereocenters. The van der Waals surface area contributed by atoms with E-state index in [4.69, 9.17) is 0 Å². The fourth-order valence-electron chi connectivity index (χ4n) is 2.29. The SMILES string of the molecule is O=C(NCCNCC1(O)CCCC1)C1CC1. The summed E-state index contributed by atoms with van der Waals surface area (Å²) in [6.07, 6.45) is 6.20. The predicted octanol–water partition coefficient (Wildman–Crippen LogP) is 0.407. The van der Waals surface area contributed by atoms with Crippen molar-refractivity contribution in [1.29, 1.82) is 0 Å². The van der Waals surface area contributed by atoms with Crippen molar-refractivity contribution in [3.05, 3.63) is 0 Å². The maximum Gasteiger partial charge on any atom is 0.223 e. The molecule has 4 heteroatoms. The number of carbonyl (C=O) groups is 1. The van der Waals surface area contributed by atoms with Gasteiger partial charge in [0, 0.05) is 25.6 Å². The Labute approximate surface area is 96.8 Å². The number of hydrogen-bond acceptors (Lipinski definition) is 3. The van der Waals surface area contributed by atoms with Gasteiger partial charge in [-0.05, 0) is 25.7 Å². The molecule has 0 aromatic rings. The van der Waals surface area contributed by atoms with Gasteiger partial charge >= 0.3 is 0 Å². The van der Waals surface area contributed by atoms with Crippen molar-refractivity contribution in [3.63, 3.8) is 0 Å². The van der Waals surface area contributed by atoms with E-state index in [-0.39, 0.29) is 5.91 Å². The summed E-state index contributed by atoms with van der Waals surface area (Å²) in [5, 5.41) is 16.2. The van der Waals surface area contributed by atoms with Crippen molar-refractivity contribution in [2.24, 2.45) is 5.92 Å². The molecule has 2 aliphatic carbocycles. The molecule has 2 rings (SSSR count). The molecule has 0 spiro atoms. The third-order valence-corrected chi connectivity index (χ3v) is 3.54. The van der Waals surface area contributed by atoms with Crippen molar-refractivity contribution in [3.8, 4) is 0 Å². The lowest BCUT2D eigenvalue weighted by molar-refractivity contribution is -0.122. The summed E-state index contributed by atoms with van der Waals surface area (Å²) in [7, 11) is 0. The van der Waals surface area contributed by atoms with Crippen LogP contribution in [0.5, 0.6) is 0 Å². The molecule has 0 aliphatic heterocycles. The molecule has 92 valence electrons. The van der Waals surface area contributed by atoms with Crippen LogP contribution in [0, 0.1) is 5.92 Å². The van der Waals surface area contributed by atoms with E-state index in [2.05, 4.69) is 10.6 Å². The van der Waals surface area contributed by atoms with Crippen LogP contribution in [0.4, 0.5) is 0 Å². The van der Waals surface area contributed by atoms with E-state index in [0.717, 1.165) is 45.1 Å². The van der Waals surface area contributed by atoms with Crippen molar-refractivity contribution < 1.29 is 9.90 Å². The van der Waals surface area contributed by atoms with Crippen LogP contribution in [-0.2, 0) is 4.79 Å². The normalized spacial score (nSPS) is 23.3. The quantitative estimate of drug-likeness (QED) is 0.575. The Bertz CT molecular complexity index is 245. The average Bonchev–Trinajstić information content (AvgIpc) is 3.02. The zero-order valence-electron chi connectivity index (χ0n) is 9.80. The Morgan fingerprint density at radius 1 is 1.25 bits per heavy atom. The lowest BCUT2D eigenvalue weighted by Crippen LogP contribution is -2.41. The second kappa shape index (κ2) is 5.15. The predicted molar refractivity (Wildman–Crippen MR) is 62.0 cm³/mol. The second-order valence-electron chi connectivity index (χ2n) is 5.17. The minimum Gasteiger partial charge on any atom is -0.389 e. The molecule has 2 fully saturated rings. The molecule has 3 N–H and O–H groups in total. The molecular weight excluding hydrogens is 204 g/mol. The van der Waals surface area contributed by atoms with Gasteiger partial charge in [0.2, 0.25) is 5.91 Å².